The van der Waals surface area contributed by atoms with Crippen LogP contribution < -0.4 is 5.73 Å². The van der Waals surface area contributed by atoms with Gasteiger partial charge in [-0.05, 0) is 61.7 Å². The van der Waals surface area contributed by atoms with E-state index < -0.39 is 11.7 Å². The SMILES string of the molecule is Cc1cc2cc(C(=O)N(Cc3ccc(C(F)(F)F)cn3)[C@H]3C[C@H](C#N)C3)ccc2nc1N. The predicted octanol–water partition coefficient (Wildman–Crippen LogP) is 4.48. The van der Waals surface area contributed by atoms with Crippen molar-refractivity contribution in [3.8, 4) is 6.07 Å². The first-order chi connectivity index (χ1) is 15.2. The lowest BCUT2D eigenvalue weighted by Crippen LogP contribution is -2.47. The monoisotopic (exact) mass is 439 g/mol. The first-order valence-electron chi connectivity index (χ1n) is 10.1. The number of halogens is 3. The number of nitriles is 1. The van der Waals surface area contributed by atoms with Crippen LogP contribution in [0.25, 0.3) is 10.9 Å². The van der Waals surface area contributed by atoms with Gasteiger partial charge in [0.05, 0.1) is 35.3 Å². The van der Waals surface area contributed by atoms with Crippen LogP contribution in [0.4, 0.5) is 19.0 Å². The third-order valence-corrected chi connectivity index (χ3v) is 5.77. The zero-order chi connectivity index (χ0) is 23.0. The largest absolute Gasteiger partial charge is 0.417 e. The van der Waals surface area contributed by atoms with Crippen LogP contribution in [-0.2, 0) is 12.7 Å². The van der Waals surface area contributed by atoms with E-state index in [0.717, 1.165) is 23.2 Å². The summed E-state index contributed by atoms with van der Waals surface area (Å²) in [6.07, 6.45) is -2.66. The van der Waals surface area contributed by atoms with Crippen LogP contribution in [0.1, 0.15) is 40.0 Å². The Bertz CT molecular complexity index is 1210. The summed E-state index contributed by atoms with van der Waals surface area (Å²) in [7, 11) is 0. The molecule has 2 heterocycles. The summed E-state index contributed by atoms with van der Waals surface area (Å²) in [5.74, 6) is 0.00959. The molecule has 1 amide bonds. The Morgan fingerprint density at radius 1 is 1.25 bits per heavy atom. The van der Waals surface area contributed by atoms with Crippen molar-refractivity contribution in [2.24, 2.45) is 5.92 Å². The highest BCUT2D eigenvalue weighted by molar-refractivity contribution is 5.98. The van der Waals surface area contributed by atoms with Crippen LogP contribution >= 0.6 is 0 Å². The van der Waals surface area contributed by atoms with E-state index in [9.17, 15) is 18.0 Å². The molecule has 0 aliphatic heterocycles. The predicted molar refractivity (Wildman–Crippen MR) is 112 cm³/mol. The number of rotatable bonds is 4. The summed E-state index contributed by atoms with van der Waals surface area (Å²) >= 11 is 0. The average Bonchev–Trinajstić information content (AvgIpc) is 2.72. The fourth-order valence-electron chi connectivity index (χ4n) is 3.77. The third kappa shape index (κ3) is 4.21. The summed E-state index contributed by atoms with van der Waals surface area (Å²) in [4.78, 5) is 23.2. The molecular formula is C23H20F3N5O. The van der Waals surface area contributed by atoms with E-state index in [4.69, 9.17) is 11.0 Å². The van der Waals surface area contributed by atoms with Crippen molar-refractivity contribution in [1.82, 2.24) is 14.9 Å². The molecule has 1 aliphatic rings. The van der Waals surface area contributed by atoms with Gasteiger partial charge < -0.3 is 10.6 Å². The quantitative estimate of drug-likeness (QED) is 0.647. The number of amides is 1. The van der Waals surface area contributed by atoms with Crippen molar-refractivity contribution in [3.63, 3.8) is 0 Å². The molecule has 0 radical (unpaired) electrons. The molecule has 2 aromatic heterocycles. The van der Waals surface area contributed by atoms with Gasteiger partial charge in [0.15, 0.2) is 0 Å². The first-order valence-corrected chi connectivity index (χ1v) is 10.1. The van der Waals surface area contributed by atoms with Gasteiger partial charge in [-0.3, -0.25) is 9.78 Å². The minimum atomic E-state index is -4.48. The highest BCUT2D eigenvalue weighted by Crippen LogP contribution is 2.34. The molecule has 164 valence electrons. The first kappa shape index (κ1) is 21.6. The van der Waals surface area contributed by atoms with Gasteiger partial charge in [0.1, 0.15) is 5.82 Å². The molecule has 0 bridgehead atoms. The van der Waals surface area contributed by atoms with Crippen molar-refractivity contribution < 1.29 is 18.0 Å². The van der Waals surface area contributed by atoms with Gasteiger partial charge in [-0.2, -0.15) is 18.4 Å². The number of nitrogen functional groups attached to an aromatic ring is 1. The number of benzene rings is 1. The number of aryl methyl sites for hydroxylation is 1. The topological polar surface area (TPSA) is 95.9 Å². The molecule has 2 N–H and O–H groups in total. The van der Waals surface area contributed by atoms with Gasteiger partial charge >= 0.3 is 6.18 Å². The molecule has 1 saturated carbocycles. The van der Waals surface area contributed by atoms with E-state index in [1.54, 1.807) is 23.1 Å². The number of hydrogen-bond donors (Lipinski definition) is 1. The second kappa shape index (κ2) is 8.11. The molecule has 4 rings (SSSR count). The standard InChI is InChI=1S/C23H20F3N5O/c1-13-6-16-9-15(2-5-20(16)30-21(13)28)22(32)31(19-7-14(8-19)10-27)12-18-4-3-17(11-29-18)23(24,25)26/h2-6,9,11,14,19H,7-8,12H2,1H3,(H2,28,30)/t14-,19-. The maximum Gasteiger partial charge on any atom is 0.417 e. The van der Waals surface area contributed by atoms with Crippen LogP contribution in [0, 0.1) is 24.2 Å². The van der Waals surface area contributed by atoms with Gasteiger partial charge in [-0.25, -0.2) is 4.98 Å². The third-order valence-electron chi connectivity index (χ3n) is 5.77. The van der Waals surface area contributed by atoms with Gasteiger partial charge in [-0.15, -0.1) is 0 Å². The van der Waals surface area contributed by atoms with E-state index in [0.29, 0.717) is 35.4 Å². The van der Waals surface area contributed by atoms with E-state index in [1.807, 2.05) is 13.0 Å². The maximum absolute atomic E-state index is 13.4. The van der Waals surface area contributed by atoms with Gasteiger partial charge in [0.25, 0.3) is 5.91 Å². The molecule has 1 aliphatic carbocycles. The minimum Gasteiger partial charge on any atom is -0.383 e. The zero-order valence-electron chi connectivity index (χ0n) is 17.2. The van der Waals surface area contributed by atoms with Crippen molar-refractivity contribution in [2.45, 2.75) is 38.5 Å². The second-order valence-corrected chi connectivity index (χ2v) is 8.02. The molecule has 1 aromatic carbocycles. The van der Waals surface area contributed by atoms with Gasteiger partial charge in [0, 0.05) is 23.2 Å². The second-order valence-electron chi connectivity index (χ2n) is 8.02. The summed E-state index contributed by atoms with van der Waals surface area (Å²) in [5.41, 5.74) is 7.24. The molecule has 9 heteroatoms. The van der Waals surface area contributed by atoms with Crippen molar-refractivity contribution in [3.05, 3.63) is 65.0 Å². The highest BCUT2D eigenvalue weighted by atomic mass is 19.4. The van der Waals surface area contributed by atoms with Crippen molar-refractivity contribution in [2.75, 3.05) is 5.73 Å². The lowest BCUT2D eigenvalue weighted by molar-refractivity contribution is -0.137. The van der Waals surface area contributed by atoms with Gasteiger partial charge in [0.2, 0.25) is 0 Å². The molecular weight excluding hydrogens is 419 g/mol. The molecule has 0 spiro atoms. The zero-order valence-corrected chi connectivity index (χ0v) is 17.2. The molecule has 1 fully saturated rings. The van der Waals surface area contributed by atoms with Crippen LogP contribution in [-0.4, -0.2) is 26.8 Å². The molecule has 32 heavy (non-hydrogen) atoms. The summed E-state index contributed by atoms with van der Waals surface area (Å²) in [6.45, 7) is 1.88. The Morgan fingerprint density at radius 2 is 2.00 bits per heavy atom. The Labute approximate surface area is 182 Å². The van der Waals surface area contributed by atoms with Crippen LogP contribution in [0.5, 0.6) is 0 Å². The Morgan fingerprint density at radius 3 is 2.62 bits per heavy atom. The minimum absolute atomic E-state index is 0.0524. The van der Waals surface area contributed by atoms with Crippen LogP contribution in [0.15, 0.2) is 42.6 Å². The van der Waals surface area contributed by atoms with E-state index in [-0.39, 0.29) is 24.4 Å². The Kier molecular flexibility index (Phi) is 5.46. The highest BCUT2D eigenvalue weighted by Gasteiger charge is 2.37. The maximum atomic E-state index is 13.4. The summed E-state index contributed by atoms with van der Waals surface area (Å²) in [6, 6.07) is 11.2. The number of pyridine rings is 2. The average molecular weight is 439 g/mol. The van der Waals surface area contributed by atoms with E-state index >= 15 is 0 Å². The normalized spacial score (nSPS) is 18.1. The molecule has 0 saturated heterocycles. The molecule has 3 aromatic rings. The van der Waals surface area contributed by atoms with Crippen LogP contribution in [0.2, 0.25) is 0 Å². The summed E-state index contributed by atoms with van der Waals surface area (Å²) < 4.78 is 38.5. The number of hydrogen-bond acceptors (Lipinski definition) is 5. The summed E-state index contributed by atoms with van der Waals surface area (Å²) in [5, 5.41) is 9.88. The Balaban J connectivity index is 1.63. The number of aromatic nitrogens is 2. The molecule has 0 unspecified atom stereocenters. The lowest BCUT2D eigenvalue weighted by atomic mass is 9.80. The number of alkyl halides is 3. The number of fused-ring (bicyclic) bond motifs is 1. The van der Waals surface area contributed by atoms with Gasteiger partial charge in [-0.1, -0.05) is 0 Å². The number of nitrogens with two attached hydrogens (primary N) is 1. The van der Waals surface area contributed by atoms with Crippen molar-refractivity contribution >= 4 is 22.6 Å². The van der Waals surface area contributed by atoms with Crippen molar-refractivity contribution in [1.29, 1.82) is 5.26 Å². The fraction of sp³-hybridized carbons (Fsp3) is 0.304. The van der Waals surface area contributed by atoms with E-state index in [1.165, 1.54) is 6.07 Å². The Hall–Kier alpha value is -3.67. The number of carbonyl (C=O) groups excluding carboxylic acids is 1. The smallest absolute Gasteiger partial charge is 0.383 e. The number of nitrogens with zero attached hydrogens (tertiary/aromatic N) is 4. The number of anilines is 1. The van der Waals surface area contributed by atoms with E-state index in [2.05, 4.69) is 16.0 Å². The lowest BCUT2D eigenvalue weighted by Gasteiger charge is -2.40. The molecule has 6 nitrogen and oxygen atoms in total. The number of carbonyl (C=O) groups is 1. The van der Waals surface area contributed by atoms with Crippen LogP contribution in [0.3, 0.4) is 0 Å². The fourth-order valence-corrected chi connectivity index (χ4v) is 3.77. The molecule has 0 atom stereocenters.